The van der Waals surface area contributed by atoms with Crippen LogP contribution in [0.2, 0.25) is 0 Å². The van der Waals surface area contributed by atoms with E-state index in [2.05, 4.69) is 249 Å². The molecule has 1 heteroatoms. The summed E-state index contributed by atoms with van der Waals surface area (Å²) in [5, 5.41) is 0. The van der Waals surface area contributed by atoms with Crippen LogP contribution < -0.4 is 0 Å². The Labute approximate surface area is 421 Å². The maximum absolute atomic E-state index is 13.7. The lowest BCUT2D eigenvalue weighted by Crippen LogP contribution is -2.27. The Hall–Kier alpha value is -5.27. The lowest BCUT2D eigenvalue weighted by atomic mass is 9.69. The number of aryl methyl sites for hydroxylation is 3. The van der Waals surface area contributed by atoms with E-state index >= 15 is 0 Å². The fraction of sp³-hybridized carbons (Fsp3) is 0.426. The highest BCUT2D eigenvalue weighted by molar-refractivity contribution is 5.87. The fourth-order valence-corrected chi connectivity index (χ4v) is 11.4. The van der Waals surface area contributed by atoms with Gasteiger partial charge < -0.3 is 0 Å². The number of ketones is 1. The molecule has 0 aromatic heterocycles. The third-order valence-corrected chi connectivity index (χ3v) is 14.2. The Morgan fingerprint density at radius 3 is 1.48 bits per heavy atom. The molecule has 6 aromatic rings. The molecular weight excluding hydrogens is 833 g/mol. The summed E-state index contributed by atoms with van der Waals surface area (Å²) in [7, 11) is 0. The minimum Gasteiger partial charge on any atom is -0.299 e. The van der Waals surface area contributed by atoms with E-state index in [1.807, 2.05) is 0 Å². The van der Waals surface area contributed by atoms with Gasteiger partial charge in [-0.15, -0.1) is 0 Å². The van der Waals surface area contributed by atoms with Gasteiger partial charge in [0.05, 0.1) is 0 Å². The molecule has 0 spiro atoms. The zero-order valence-corrected chi connectivity index (χ0v) is 45.5. The predicted octanol–water partition coefficient (Wildman–Crippen LogP) is 18.2. The van der Waals surface area contributed by atoms with Crippen molar-refractivity contribution < 1.29 is 4.79 Å². The summed E-state index contributed by atoms with van der Waals surface area (Å²) in [6.45, 7) is 36.7. The van der Waals surface area contributed by atoms with Gasteiger partial charge in [0.25, 0.3) is 0 Å². The van der Waals surface area contributed by atoms with Crippen molar-refractivity contribution in [3.8, 4) is 0 Å². The van der Waals surface area contributed by atoms with Crippen LogP contribution in [0.25, 0.3) is 0 Å². The molecule has 2 unspecified atom stereocenters. The zero-order chi connectivity index (χ0) is 50.6. The van der Waals surface area contributed by atoms with Gasteiger partial charge in [0.15, 0.2) is 0 Å². The van der Waals surface area contributed by atoms with E-state index in [1.165, 1.54) is 74.0 Å². The number of benzene rings is 6. The van der Waals surface area contributed by atoms with Crippen molar-refractivity contribution in [2.24, 2.45) is 21.7 Å². The lowest BCUT2D eigenvalue weighted by Gasteiger charge is -2.36. The monoisotopic (exact) mass is 921 g/mol. The number of allylic oxidation sites excluding steroid dienone is 1. The summed E-state index contributed by atoms with van der Waals surface area (Å²) in [4.78, 5) is 13.7. The summed E-state index contributed by atoms with van der Waals surface area (Å²) < 4.78 is 0. The molecule has 0 aliphatic heterocycles. The topological polar surface area (TPSA) is 17.1 Å². The summed E-state index contributed by atoms with van der Waals surface area (Å²) in [5.74, 6) is 0.413. The Balaban J connectivity index is 0.000000470. The first kappa shape index (κ1) is 54.7. The van der Waals surface area contributed by atoms with Crippen molar-refractivity contribution >= 4 is 5.78 Å². The number of hydrogen-bond donors (Lipinski definition) is 0. The second-order valence-corrected chi connectivity index (χ2v) is 24.3. The van der Waals surface area contributed by atoms with Crippen LogP contribution in [-0.2, 0) is 49.7 Å². The minimum absolute atomic E-state index is 0.0995. The molecule has 0 amide bonds. The first-order valence-corrected chi connectivity index (χ1v) is 26.0. The van der Waals surface area contributed by atoms with E-state index in [1.54, 1.807) is 0 Å². The molecule has 1 nitrogen and oxygen atoms in total. The summed E-state index contributed by atoms with van der Waals surface area (Å²) in [6.07, 6.45) is 8.85. The molecule has 0 N–H and O–H groups in total. The van der Waals surface area contributed by atoms with Gasteiger partial charge in [-0.2, -0.15) is 0 Å². The highest BCUT2D eigenvalue weighted by Gasteiger charge is 2.31. The van der Waals surface area contributed by atoms with Crippen LogP contribution in [0.15, 0.2) is 158 Å². The lowest BCUT2D eigenvalue weighted by molar-refractivity contribution is -0.119. The number of carbonyl (C=O) groups excluding carboxylic acids is 1. The van der Waals surface area contributed by atoms with Crippen LogP contribution in [0.1, 0.15) is 175 Å². The molecule has 0 aliphatic carbocycles. The van der Waals surface area contributed by atoms with E-state index in [4.69, 9.17) is 0 Å². The Morgan fingerprint density at radius 2 is 0.942 bits per heavy atom. The van der Waals surface area contributed by atoms with Gasteiger partial charge in [0, 0.05) is 18.3 Å². The first-order valence-electron chi connectivity index (χ1n) is 26.0. The largest absolute Gasteiger partial charge is 0.299 e. The van der Waals surface area contributed by atoms with Crippen LogP contribution >= 0.6 is 0 Å². The van der Waals surface area contributed by atoms with Gasteiger partial charge >= 0.3 is 0 Å². The molecule has 366 valence electrons. The molecule has 0 fully saturated rings. The normalized spacial score (nSPS) is 13.0. The van der Waals surface area contributed by atoms with E-state index < -0.39 is 0 Å². The van der Waals surface area contributed by atoms with Gasteiger partial charge in [0.2, 0.25) is 0 Å². The third-order valence-electron chi connectivity index (χ3n) is 14.2. The molecule has 0 radical (unpaired) electrons. The fourth-order valence-electron chi connectivity index (χ4n) is 11.4. The molecule has 6 aromatic carbocycles. The first-order chi connectivity index (χ1) is 32.4. The highest BCUT2D eigenvalue weighted by Crippen LogP contribution is 2.40. The molecule has 0 saturated heterocycles. The highest BCUT2D eigenvalue weighted by atomic mass is 16.1. The summed E-state index contributed by atoms with van der Waals surface area (Å²) in [5.41, 5.74) is 18.1. The van der Waals surface area contributed by atoms with E-state index in [0.29, 0.717) is 23.2 Å². The summed E-state index contributed by atoms with van der Waals surface area (Å²) >= 11 is 0. The SMILES string of the molecule is C=C(Cc1ccccc1CC)C(C)c1ccc(Cc2ccc(C(C)C(=O)Cc3ccccc3CC(C)(C)CC(C)(C)Cc3cccc(C)c3)cc2)cc1.Cc1ccccc1CC(C)(C)CC(C)(C)C. The van der Waals surface area contributed by atoms with Crippen LogP contribution in [0.4, 0.5) is 0 Å². The molecular formula is C68H88O. The maximum atomic E-state index is 13.7. The standard InChI is InChI=1S/C52H62O.C16H26/c1-10-44-18-11-12-19-47(44)31-38(3)39(4)45-26-22-41(23-27-45)32-42-24-28-46(29-25-42)40(5)50(53)33-48-20-13-14-21-49(48)35-52(8,9)36-51(6,7)34-43-17-15-16-37(2)30-43;1-13-9-7-8-10-14(13)11-16(5,6)12-15(2,3)4/h11-30,39-40H,3,10,31-36H2,1-2,4-9H3;7-10H,11-12H2,1-6H3. The van der Waals surface area contributed by atoms with Crippen LogP contribution in [0.5, 0.6) is 0 Å². The van der Waals surface area contributed by atoms with Crippen LogP contribution in [0, 0.1) is 35.5 Å². The number of Topliss-reactive ketones (excluding diaryl/α,β-unsaturated/α-hetero) is 1. The van der Waals surface area contributed by atoms with Gasteiger partial charge in [-0.25, -0.2) is 0 Å². The van der Waals surface area contributed by atoms with E-state index in [9.17, 15) is 4.79 Å². The van der Waals surface area contributed by atoms with Gasteiger partial charge in [-0.05, 0) is 148 Å². The minimum atomic E-state index is -0.156. The average Bonchev–Trinajstić information content (AvgIpc) is 3.26. The van der Waals surface area contributed by atoms with Gasteiger partial charge in [-0.1, -0.05) is 246 Å². The quantitative estimate of drug-likeness (QED) is 0.0698. The van der Waals surface area contributed by atoms with Crippen molar-refractivity contribution in [1.82, 2.24) is 0 Å². The Bertz CT molecular complexity index is 2570. The number of carbonyl (C=O) groups is 1. The van der Waals surface area contributed by atoms with E-state index in [-0.39, 0.29) is 22.5 Å². The second kappa shape index (κ2) is 24.0. The maximum Gasteiger partial charge on any atom is 0.144 e. The van der Waals surface area contributed by atoms with Crippen molar-refractivity contribution in [3.05, 3.63) is 225 Å². The summed E-state index contributed by atoms with van der Waals surface area (Å²) in [6, 6.07) is 52.7. The van der Waals surface area contributed by atoms with Crippen molar-refractivity contribution in [2.45, 2.75) is 167 Å². The van der Waals surface area contributed by atoms with Crippen molar-refractivity contribution in [3.63, 3.8) is 0 Å². The number of hydrogen-bond acceptors (Lipinski definition) is 1. The van der Waals surface area contributed by atoms with Crippen molar-refractivity contribution in [2.75, 3.05) is 0 Å². The molecule has 6 rings (SSSR count). The Morgan fingerprint density at radius 1 is 0.478 bits per heavy atom. The molecule has 2 atom stereocenters. The smallest absolute Gasteiger partial charge is 0.144 e. The van der Waals surface area contributed by atoms with Crippen LogP contribution in [-0.4, -0.2) is 5.78 Å². The van der Waals surface area contributed by atoms with Gasteiger partial charge in [0.1, 0.15) is 5.78 Å². The third kappa shape index (κ3) is 17.6. The molecule has 0 heterocycles. The van der Waals surface area contributed by atoms with E-state index in [0.717, 1.165) is 49.7 Å². The predicted molar refractivity (Wildman–Crippen MR) is 300 cm³/mol. The second-order valence-electron chi connectivity index (χ2n) is 24.3. The molecule has 0 aliphatic rings. The van der Waals surface area contributed by atoms with Crippen molar-refractivity contribution in [1.29, 1.82) is 0 Å². The zero-order valence-electron chi connectivity index (χ0n) is 45.5. The number of rotatable bonds is 20. The van der Waals surface area contributed by atoms with Gasteiger partial charge in [-0.3, -0.25) is 4.79 Å². The Kier molecular flexibility index (Phi) is 19.0. The molecule has 0 saturated carbocycles. The molecule has 69 heavy (non-hydrogen) atoms. The average molecular weight is 921 g/mol. The molecule has 0 bridgehead atoms. The van der Waals surface area contributed by atoms with Crippen LogP contribution in [0.3, 0.4) is 0 Å².